The molecule has 1 aromatic heterocycles. The first kappa shape index (κ1) is 14.0. The first-order chi connectivity index (χ1) is 9.24. The zero-order chi connectivity index (χ0) is 13.7. The van der Waals surface area contributed by atoms with E-state index in [4.69, 9.17) is 10.5 Å². The Morgan fingerprint density at radius 3 is 2.95 bits per heavy atom. The third-order valence-electron chi connectivity index (χ3n) is 3.38. The predicted molar refractivity (Wildman–Crippen MR) is 72.3 cm³/mol. The molecule has 0 spiro atoms. The Morgan fingerprint density at radius 1 is 1.63 bits per heavy atom. The molecule has 1 heterocycles. The van der Waals surface area contributed by atoms with Gasteiger partial charge in [0.05, 0.1) is 12.5 Å². The van der Waals surface area contributed by atoms with Gasteiger partial charge in [0.25, 0.3) is 0 Å². The summed E-state index contributed by atoms with van der Waals surface area (Å²) in [6.45, 7) is 0.992. The van der Waals surface area contributed by atoms with Gasteiger partial charge in [-0.1, -0.05) is 6.07 Å². The number of ether oxygens (including phenoxy) is 1. The molecular weight excluding hydrogens is 242 g/mol. The lowest BCUT2D eigenvalue weighted by atomic mass is 10.2. The number of amides is 1. The molecule has 0 aromatic carbocycles. The Morgan fingerprint density at radius 2 is 2.42 bits per heavy atom. The first-order valence-electron chi connectivity index (χ1n) is 6.65. The van der Waals surface area contributed by atoms with E-state index in [1.165, 1.54) is 0 Å². The van der Waals surface area contributed by atoms with E-state index in [0.29, 0.717) is 25.6 Å². The molecule has 1 aliphatic rings. The normalized spacial score (nSPS) is 16.1. The minimum atomic E-state index is -0.192. The van der Waals surface area contributed by atoms with Crippen LogP contribution >= 0.6 is 0 Å². The Bertz CT molecular complexity index is 402. The van der Waals surface area contributed by atoms with Crippen LogP contribution in [0.4, 0.5) is 0 Å². The molecule has 5 nitrogen and oxygen atoms in total. The van der Waals surface area contributed by atoms with E-state index in [0.717, 1.165) is 18.4 Å². The van der Waals surface area contributed by atoms with E-state index in [9.17, 15) is 4.79 Å². The van der Waals surface area contributed by atoms with Crippen molar-refractivity contribution in [3.63, 3.8) is 0 Å². The van der Waals surface area contributed by atoms with Gasteiger partial charge < -0.3 is 15.4 Å². The fourth-order valence-corrected chi connectivity index (χ4v) is 2.07. The molecule has 2 rings (SSSR count). The minimum Gasteiger partial charge on any atom is -0.380 e. The summed E-state index contributed by atoms with van der Waals surface area (Å²) in [4.78, 5) is 18.3. The fraction of sp³-hybridized carbons (Fsp3) is 0.571. The lowest BCUT2D eigenvalue weighted by Crippen LogP contribution is -2.37. The number of hydrogen-bond donors (Lipinski definition) is 1. The number of hydrogen-bond acceptors (Lipinski definition) is 4. The number of nitrogens with two attached hydrogens (primary N) is 1. The monoisotopic (exact) mass is 263 g/mol. The summed E-state index contributed by atoms with van der Waals surface area (Å²) in [6.07, 6.45) is 5.88. The maximum absolute atomic E-state index is 12.3. The van der Waals surface area contributed by atoms with E-state index < -0.39 is 0 Å². The van der Waals surface area contributed by atoms with Gasteiger partial charge in [-0.05, 0) is 24.5 Å². The molecule has 0 radical (unpaired) electrons. The number of methoxy groups -OCH3 is 1. The fourth-order valence-electron chi connectivity index (χ4n) is 2.07. The minimum absolute atomic E-state index is 0.114. The van der Waals surface area contributed by atoms with Crippen molar-refractivity contribution in [2.24, 2.45) is 5.73 Å². The van der Waals surface area contributed by atoms with Crippen molar-refractivity contribution in [2.75, 3.05) is 13.7 Å². The average Bonchev–Trinajstić information content (AvgIpc) is 3.27. The van der Waals surface area contributed by atoms with Gasteiger partial charge >= 0.3 is 0 Å². The van der Waals surface area contributed by atoms with E-state index in [2.05, 4.69) is 4.98 Å². The van der Waals surface area contributed by atoms with Crippen molar-refractivity contribution in [1.82, 2.24) is 9.88 Å². The highest BCUT2D eigenvalue weighted by molar-refractivity contribution is 5.77. The highest BCUT2D eigenvalue weighted by atomic mass is 16.5. The van der Waals surface area contributed by atoms with Crippen LogP contribution in [0.5, 0.6) is 0 Å². The lowest BCUT2D eigenvalue weighted by Gasteiger charge is -2.24. The van der Waals surface area contributed by atoms with Crippen LogP contribution in [-0.4, -0.2) is 41.6 Å². The van der Waals surface area contributed by atoms with Gasteiger partial charge in [0, 0.05) is 38.6 Å². The molecule has 1 aliphatic carbocycles. The van der Waals surface area contributed by atoms with E-state index in [-0.39, 0.29) is 12.0 Å². The predicted octanol–water partition coefficient (Wildman–Crippen LogP) is 0.936. The molecule has 1 atom stereocenters. The van der Waals surface area contributed by atoms with Crippen molar-refractivity contribution in [1.29, 1.82) is 0 Å². The lowest BCUT2D eigenvalue weighted by molar-refractivity contribution is -0.134. The van der Waals surface area contributed by atoms with Gasteiger partial charge in [-0.2, -0.15) is 0 Å². The van der Waals surface area contributed by atoms with Crippen LogP contribution in [0.25, 0.3) is 0 Å². The summed E-state index contributed by atoms with van der Waals surface area (Å²) in [5.41, 5.74) is 6.63. The van der Waals surface area contributed by atoms with Gasteiger partial charge in [0.1, 0.15) is 0 Å². The molecule has 1 fully saturated rings. The van der Waals surface area contributed by atoms with Gasteiger partial charge in [0.15, 0.2) is 0 Å². The number of pyridine rings is 1. The maximum Gasteiger partial charge on any atom is 0.225 e. The summed E-state index contributed by atoms with van der Waals surface area (Å²) < 4.78 is 5.19. The first-order valence-corrected chi connectivity index (χ1v) is 6.65. The van der Waals surface area contributed by atoms with E-state index >= 15 is 0 Å². The highest BCUT2D eigenvalue weighted by Gasteiger charge is 2.33. The highest BCUT2D eigenvalue weighted by Crippen LogP contribution is 2.29. The van der Waals surface area contributed by atoms with Crippen molar-refractivity contribution in [3.05, 3.63) is 30.1 Å². The molecule has 0 bridgehead atoms. The summed E-state index contributed by atoms with van der Waals surface area (Å²) >= 11 is 0. The van der Waals surface area contributed by atoms with Gasteiger partial charge in [0.2, 0.25) is 5.91 Å². The van der Waals surface area contributed by atoms with Gasteiger partial charge in [-0.3, -0.25) is 9.78 Å². The number of nitrogens with zero attached hydrogens (tertiary/aromatic N) is 2. The van der Waals surface area contributed by atoms with Crippen LogP contribution in [0.2, 0.25) is 0 Å². The average molecular weight is 263 g/mol. The zero-order valence-corrected chi connectivity index (χ0v) is 11.3. The Balaban J connectivity index is 1.98. The van der Waals surface area contributed by atoms with Crippen molar-refractivity contribution in [3.8, 4) is 0 Å². The van der Waals surface area contributed by atoms with Crippen molar-refractivity contribution < 1.29 is 9.53 Å². The second kappa shape index (κ2) is 6.63. The summed E-state index contributed by atoms with van der Waals surface area (Å²) in [5.74, 6) is 0.114. The van der Waals surface area contributed by atoms with Crippen LogP contribution in [0.15, 0.2) is 24.5 Å². The SMILES string of the molecule is COC(CN)CC(=O)N(Cc1cccnc1)C1CC1. The molecule has 104 valence electrons. The van der Waals surface area contributed by atoms with Crippen LogP contribution in [0, 0.1) is 0 Å². The Hall–Kier alpha value is -1.46. The molecule has 1 amide bonds. The van der Waals surface area contributed by atoms with Gasteiger partial charge in [-0.15, -0.1) is 0 Å². The smallest absolute Gasteiger partial charge is 0.225 e. The molecule has 19 heavy (non-hydrogen) atoms. The third kappa shape index (κ3) is 4.01. The number of aromatic nitrogens is 1. The summed E-state index contributed by atoms with van der Waals surface area (Å²) in [5, 5.41) is 0. The quantitative estimate of drug-likeness (QED) is 0.795. The Kier molecular flexibility index (Phi) is 4.87. The van der Waals surface area contributed by atoms with Crippen molar-refractivity contribution >= 4 is 5.91 Å². The topological polar surface area (TPSA) is 68.5 Å². The second-order valence-corrected chi connectivity index (χ2v) is 4.91. The summed E-state index contributed by atoms with van der Waals surface area (Å²) in [6, 6.07) is 4.26. The van der Waals surface area contributed by atoms with Crippen LogP contribution in [0.1, 0.15) is 24.8 Å². The molecule has 0 saturated heterocycles. The zero-order valence-electron chi connectivity index (χ0n) is 11.3. The van der Waals surface area contributed by atoms with Crippen molar-refractivity contribution in [2.45, 2.75) is 38.0 Å². The van der Waals surface area contributed by atoms with Crippen LogP contribution in [0.3, 0.4) is 0 Å². The van der Waals surface area contributed by atoms with Crippen LogP contribution < -0.4 is 5.73 Å². The van der Waals surface area contributed by atoms with E-state index in [1.54, 1.807) is 19.5 Å². The Labute approximate surface area is 113 Å². The molecule has 1 aromatic rings. The molecule has 1 unspecified atom stereocenters. The third-order valence-corrected chi connectivity index (χ3v) is 3.38. The molecule has 5 heteroatoms. The molecule has 2 N–H and O–H groups in total. The molecular formula is C14H21N3O2. The number of carbonyl (C=O) groups excluding carboxylic acids is 1. The van der Waals surface area contributed by atoms with E-state index in [1.807, 2.05) is 17.0 Å². The largest absolute Gasteiger partial charge is 0.380 e. The van der Waals surface area contributed by atoms with Crippen LogP contribution in [-0.2, 0) is 16.1 Å². The maximum atomic E-state index is 12.3. The molecule has 0 aliphatic heterocycles. The summed E-state index contributed by atoms with van der Waals surface area (Å²) in [7, 11) is 1.59. The molecule has 1 saturated carbocycles. The van der Waals surface area contributed by atoms with Gasteiger partial charge in [-0.25, -0.2) is 0 Å². The second-order valence-electron chi connectivity index (χ2n) is 4.91. The number of rotatable bonds is 7. The standard InChI is InChI=1S/C14H21N3O2/c1-19-13(8-15)7-14(18)17(12-4-5-12)10-11-3-2-6-16-9-11/h2-3,6,9,12-13H,4-5,7-8,10,15H2,1H3. The number of carbonyl (C=O) groups is 1.